The van der Waals surface area contributed by atoms with Crippen molar-refractivity contribution in [3.63, 3.8) is 0 Å². The van der Waals surface area contributed by atoms with Gasteiger partial charge in [0, 0.05) is 12.0 Å². The lowest BCUT2D eigenvalue weighted by atomic mass is 9.96. The standard InChI is InChI=1S/C22H13F7/c1-2-10-3-4-13-11(5-10)6-15-14(13)9-16(23)19(21(15)26)12-7-17(24)20(18(25)8-12)22(27,28)29/h3-5,7-9H,2,6H2,1H3. The second-order valence-corrected chi connectivity index (χ2v) is 6.91. The van der Waals surface area contributed by atoms with Crippen molar-refractivity contribution in [3.8, 4) is 22.3 Å². The van der Waals surface area contributed by atoms with Crippen LogP contribution >= 0.6 is 0 Å². The van der Waals surface area contributed by atoms with Crippen molar-refractivity contribution in [2.24, 2.45) is 0 Å². The van der Waals surface area contributed by atoms with Crippen LogP contribution in [0.3, 0.4) is 0 Å². The molecule has 0 N–H and O–H groups in total. The summed E-state index contributed by atoms with van der Waals surface area (Å²) >= 11 is 0. The lowest BCUT2D eigenvalue weighted by Gasteiger charge is -2.14. The lowest BCUT2D eigenvalue weighted by molar-refractivity contribution is -0.142. The van der Waals surface area contributed by atoms with Crippen LogP contribution < -0.4 is 0 Å². The molecule has 0 nitrogen and oxygen atoms in total. The van der Waals surface area contributed by atoms with Crippen LogP contribution in [0.2, 0.25) is 0 Å². The molecule has 4 rings (SSSR count). The lowest BCUT2D eigenvalue weighted by Crippen LogP contribution is -2.12. The van der Waals surface area contributed by atoms with Gasteiger partial charge in [-0.1, -0.05) is 25.1 Å². The molecule has 0 spiro atoms. The maximum absolute atomic E-state index is 15.2. The number of hydrogen-bond acceptors (Lipinski definition) is 0. The van der Waals surface area contributed by atoms with Gasteiger partial charge in [-0.3, -0.25) is 0 Å². The van der Waals surface area contributed by atoms with Crippen LogP contribution in [-0.4, -0.2) is 0 Å². The first kappa shape index (κ1) is 19.5. The SMILES string of the molecule is CCc1ccc2c(c1)Cc1c-2cc(F)c(-c2cc(F)c(C(F)(F)F)c(F)c2)c1F. The number of aryl methyl sites for hydroxylation is 1. The minimum absolute atomic E-state index is 0.144. The van der Waals surface area contributed by atoms with Crippen LogP contribution in [0.1, 0.15) is 29.2 Å². The Hall–Kier alpha value is -2.83. The number of fused-ring (bicyclic) bond motifs is 3. The van der Waals surface area contributed by atoms with Gasteiger partial charge in [0.25, 0.3) is 0 Å². The maximum atomic E-state index is 15.2. The van der Waals surface area contributed by atoms with E-state index in [-0.39, 0.29) is 12.0 Å². The minimum Gasteiger partial charge on any atom is -0.206 e. The van der Waals surface area contributed by atoms with Gasteiger partial charge < -0.3 is 0 Å². The van der Waals surface area contributed by atoms with Crippen molar-refractivity contribution >= 4 is 0 Å². The summed E-state index contributed by atoms with van der Waals surface area (Å²) in [6.07, 6.45) is -4.35. The van der Waals surface area contributed by atoms with Gasteiger partial charge in [0.15, 0.2) is 0 Å². The topological polar surface area (TPSA) is 0 Å². The predicted octanol–water partition coefficient (Wildman–Crippen LogP) is 7.06. The molecule has 1 aliphatic carbocycles. The Morgan fingerprint density at radius 1 is 0.828 bits per heavy atom. The number of benzene rings is 3. The Morgan fingerprint density at radius 3 is 2.07 bits per heavy atom. The normalized spacial score (nSPS) is 12.8. The summed E-state index contributed by atoms with van der Waals surface area (Å²) in [5.74, 6) is -6.00. The number of alkyl halides is 3. The highest BCUT2D eigenvalue weighted by Gasteiger charge is 2.38. The summed E-state index contributed by atoms with van der Waals surface area (Å²) in [6.45, 7) is 1.95. The van der Waals surface area contributed by atoms with Crippen molar-refractivity contribution in [2.45, 2.75) is 25.9 Å². The van der Waals surface area contributed by atoms with Crippen LogP contribution in [-0.2, 0) is 19.0 Å². The van der Waals surface area contributed by atoms with Gasteiger partial charge in [-0.15, -0.1) is 0 Å². The molecule has 150 valence electrons. The second-order valence-electron chi connectivity index (χ2n) is 6.91. The summed E-state index contributed by atoms with van der Waals surface area (Å²) in [6, 6.07) is 7.14. The summed E-state index contributed by atoms with van der Waals surface area (Å²) in [4.78, 5) is 0. The smallest absolute Gasteiger partial charge is 0.206 e. The molecule has 0 heterocycles. The Balaban J connectivity index is 1.88. The highest BCUT2D eigenvalue weighted by atomic mass is 19.4. The van der Waals surface area contributed by atoms with Crippen molar-refractivity contribution in [2.75, 3.05) is 0 Å². The molecule has 0 saturated carbocycles. The Kier molecular flexibility index (Phi) is 4.44. The monoisotopic (exact) mass is 410 g/mol. The summed E-state index contributed by atoms with van der Waals surface area (Å²) < 4.78 is 96.0. The maximum Gasteiger partial charge on any atom is 0.422 e. The van der Waals surface area contributed by atoms with Crippen LogP contribution in [0, 0.1) is 23.3 Å². The van der Waals surface area contributed by atoms with E-state index in [2.05, 4.69) is 0 Å². The van der Waals surface area contributed by atoms with Crippen LogP contribution in [0.15, 0.2) is 36.4 Å². The van der Waals surface area contributed by atoms with E-state index in [1.807, 2.05) is 19.1 Å². The third kappa shape index (κ3) is 3.09. The van der Waals surface area contributed by atoms with Gasteiger partial charge in [0.05, 0.1) is 5.56 Å². The first-order valence-corrected chi connectivity index (χ1v) is 8.81. The summed E-state index contributed by atoms with van der Waals surface area (Å²) in [7, 11) is 0. The molecule has 29 heavy (non-hydrogen) atoms. The van der Waals surface area contributed by atoms with Gasteiger partial charge in [-0.05, 0) is 52.4 Å². The molecule has 0 aromatic heterocycles. The average molecular weight is 410 g/mol. The Bertz CT molecular complexity index is 1120. The average Bonchev–Trinajstić information content (AvgIpc) is 2.98. The quantitative estimate of drug-likeness (QED) is 0.310. The van der Waals surface area contributed by atoms with Crippen LogP contribution in [0.5, 0.6) is 0 Å². The van der Waals surface area contributed by atoms with E-state index < -0.39 is 46.1 Å². The zero-order chi connectivity index (χ0) is 21.1. The number of halogens is 7. The molecular weight excluding hydrogens is 397 g/mol. The van der Waals surface area contributed by atoms with E-state index in [9.17, 15) is 26.3 Å². The third-order valence-corrected chi connectivity index (χ3v) is 5.17. The molecule has 0 radical (unpaired) electrons. The zero-order valence-electron chi connectivity index (χ0n) is 15.0. The zero-order valence-corrected chi connectivity index (χ0v) is 15.0. The van der Waals surface area contributed by atoms with Crippen molar-refractivity contribution < 1.29 is 30.7 Å². The molecule has 3 aromatic carbocycles. The molecule has 0 amide bonds. The fourth-order valence-corrected chi connectivity index (χ4v) is 3.79. The fourth-order valence-electron chi connectivity index (χ4n) is 3.79. The Labute approximate surface area is 161 Å². The summed E-state index contributed by atoms with van der Waals surface area (Å²) in [5.41, 5.74) is -0.535. The molecular formula is C22H13F7. The van der Waals surface area contributed by atoms with Crippen molar-refractivity contribution in [1.82, 2.24) is 0 Å². The molecule has 0 atom stereocenters. The second kappa shape index (κ2) is 6.61. The first-order valence-electron chi connectivity index (χ1n) is 8.81. The van der Waals surface area contributed by atoms with Gasteiger partial charge in [-0.25, -0.2) is 17.6 Å². The van der Waals surface area contributed by atoms with Crippen molar-refractivity contribution in [3.05, 3.63) is 81.9 Å². The van der Waals surface area contributed by atoms with Gasteiger partial charge >= 0.3 is 6.18 Å². The van der Waals surface area contributed by atoms with E-state index >= 15 is 4.39 Å². The molecule has 0 aliphatic heterocycles. The molecule has 1 aliphatic rings. The number of hydrogen-bond donors (Lipinski definition) is 0. The fraction of sp³-hybridized carbons (Fsp3) is 0.182. The predicted molar refractivity (Wildman–Crippen MR) is 94.3 cm³/mol. The first-order chi connectivity index (χ1) is 13.6. The molecule has 0 fully saturated rings. The minimum atomic E-state index is -5.26. The molecule has 3 aromatic rings. The summed E-state index contributed by atoms with van der Waals surface area (Å²) in [5, 5.41) is 0. The van der Waals surface area contributed by atoms with Gasteiger partial charge in [0.1, 0.15) is 28.8 Å². The largest absolute Gasteiger partial charge is 0.422 e. The third-order valence-electron chi connectivity index (χ3n) is 5.17. The van der Waals surface area contributed by atoms with E-state index in [4.69, 9.17) is 0 Å². The van der Waals surface area contributed by atoms with Gasteiger partial charge in [-0.2, -0.15) is 13.2 Å². The highest BCUT2D eigenvalue weighted by Crippen LogP contribution is 2.43. The van der Waals surface area contributed by atoms with E-state index in [0.29, 0.717) is 23.3 Å². The van der Waals surface area contributed by atoms with E-state index in [1.165, 1.54) is 0 Å². The highest BCUT2D eigenvalue weighted by molar-refractivity contribution is 5.81. The Morgan fingerprint density at radius 2 is 1.48 bits per heavy atom. The molecule has 0 saturated heterocycles. The molecule has 0 bridgehead atoms. The molecule has 7 heteroatoms. The van der Waals surface area contributed by atoms with Gasteiger partial charge in [0.2, 0.25) is 0 Å². The van der Waals surface area contributed by atoms with Crippen LogP contribution in [0.25, 0.3) is 22.3 Å². The van der Waals surface area contributed by atoms with Crippen LogP contribution in [0.4, 0.5) is 30.7 Å². The van der Waals surface area contributed by atoms with Crippen molar-refractivity contribution in [1.29, 1.82) is 0 Å². The van der Waals surface area contributed by atoms with E-state index in [0.717, 1.165) is 23.6 Å². The molecule has 0 unspecified atom stereocenters. The number of rotatable bonds is 2. The van der Waals surface area contributed by atoms with E-state index in [1.54, 1.807) is 6.07 Å².